The van der Waals surface area contributed by atoms with Gasteiger partial charge in [0.2, 0.25) is 5.91 Å². The standard InChI is InChI=1S/C27H23ClF3N5O3S/c1-39-14-24(37)34-12-20-9-19(34)13-35(20)26-33-25(38)23(40-26)7-15-2-5-22-17(6-15)10-32-36(22)11-16-3-4-18(28)8-21(16)27(29,30)31/h2-8,10,19-20H,9,11-14H2,1H3/b23-7-/t19-,20-/m1/s1. The summed E-state index contributed by atoms with van der Waals surface area (Å²) in [7, 11) is 1.50. The fourth-order valence-corrected chi connectivity index (χ4v) is 6.68. The van der Waals surface area contributed by atoms with E-state index in [9.17, 15) is 22.8 Å². The van der Waals surface area contributed by atoms with Gasteiger partial charge >= 0.3 is 6.18 Å². The van der Waals surface area contributed by atoms with Crippen LogP contribution >= 0.6 is 23.4 Å². The third-order valence-electron chi connectivity index (χ3n) is 7.34. The molecule has 40 heavy (non-hydrogen) atoms. The van der Waals surface area contributed by atoms with E-state index in [1.54, 1.807) is 24.4 Å². The summed E-state index contributed by atoms with van der Waals surface area (Å²) in [5, 5.41) is 5.68. The van der Waals surface area contributed by atoms with Crippen LogP contribution in [0.25, 0.3) is 17.0 Å². The fourth-order valence-electron chi connectivity index (χ4n) is 5.52. The number of fused-ring (bicyclic) bond motifs is 3. The Kier molecular flexibility index (Phi) is 6.87. The molecule has 3 aromatic rings. The zero-order valence-electron chi connectivity index (χ0n) is 21.2. The largest absolute Gasteiger partial charge is 0.416 e. The molecule has 0 spiro atoms. The number of piperazine rings is 1. The van der Waals surface area contributed by atoms with Gasteiger partial charge in [0.15, 0.2) is 5.17 Å². The molecule has 8 nitrogen and oxygen atoms in total. The summed E-state index contributed by atoms with van der Waals surface area (Å²) in [6.07, 6.45) is -0.360. The van der Waals surface area contributed by atoms with Crippen molar-refractivity contribution in [1.29, 1.82) is 0 Å². The number of alkyl halides is 3. The zero-order chi connectivity index (χ0) is 28.2. The molecule has 13 heteroatoms. The number of rotatable bonds is 5. The van der Waals surface area contributed by atoms with E-state index in [4.69, 9.17) is 16.3 Å². The Bertz CT molecular complexity index is 1590. The van der Waals surface area contributed by atoms with Crippen molar-refractivity contribution in [3.63, 3.8) is 0 Å². The average Bonchev–Trinajstić information content (AvgIpc) is 3.69. The monoisotopic (exact) mass is 589 g/mol. The molecule has 4 heterocycles. The van der Waals surface area contributed by atoms with Crippen molar-refractivity contribution in [2.24, 2.45) is 4.99 Å². The molecule has 2 aromatic carbocycles. The second-order valence-corrected chi connectivity index (χ2v) is 11.4. The van der Waals surface area contributed by atoms with Gasteiger partial charge in [-0.1, -0.05) is 23.7 Å². The molecule has 208 valence electrons. The summed E-state index contributed by atoms with van der Waals surface area (Å²) >= 11 is 7.11. The minimum absolute atomic E-state index is 0.0157. The number of thioether (sulfide) groups is 1. The molecule has 2 saturated heterocycles. The number of aliphatic imine (C=N–C) groups is 1. The number of methoxy groups -OCH3 is 1. The van der Waals surface area contributed by atoms with Crippen LogP contribution in [0.5, 0.6) is 0 Å². The Labute approximate surface area is 236 Å². The molecule has 0 aliphatic carbocycles. The van der Waals surface area contributed by atoms with E-state index in [0.717, 1.165) is 23.4 Å². The lowest BCUT2D eigenvalue weighted by molar-refractivity contribution is -0.138. The Morgan fingerprint density at radius 1 is 1.20 bits per heavy atom. The van der Waals surface area contributed by atoms with Crippen molar-refractivity contribution in [2.45, 2.75) is 31.2 Å². The van der Waals surface area contributed by atoms with Crippen LogP contribution < -0.4 is 0 Å². The quantitative estimate of drug-likeness (QED) is 0.403. The first-order chi connectivity index (χ1) is 19.1. The molecule has 2 bridgehead atoms. The van der Waals surface area contributed by atoms with Crippen molar-refractivity contribution >= 4 is 57.3 Å². The molecule has 0 saturated carbocycles. The molecule has 0 radical (unpaired) electrons. The lowest BCUT2D eigenvalue weighted by Gasteiger charge is -2.34. The van der Waals surface area contributed by atoms with Crippen LogP contribution in [0, 0.1) is 0 Å². The number of hydrogen-bond donors (Lipinski definition) is 0. The molecular weight excluding hydrogens is 567 g/mol. The number of ether oxygens (including phenoxy) is 1. The number of likely N-dealkylation sites (tertiary alicyclic amines) is 2. The van der Waals surface area contributed by atoms with Crippen LogP contribution in [-0.2, 0) is 27.0 Å². The summed E-state index contributed by atoms with van der Waals surface area (Å²) < 4.78 is 47.1. The maximum absolute atomic E-state index is 13.5. The van der Waals surface area contributed by atoms with Gasteiger partial charge in [0.25, 0.3) is 5.91 Å². The maximum atomic E-state index is 13.5. The average molecular weight is 590 g/mol. The minimum atomic E-state index is -4.54. The van der Waals surface area contributed by atoms with Crippen LogP contribution in [0.15, 0.2) is 52.5 Å². The van der Waals surface area contributed by atoms with E-state index in [1.807, 2.05) is 11.0 Å². The van der Waals surface area contributed by atoms with Gasteiger partial charge in [0, 0.05) is 30.6 Å². The number of amidine groups is 1. The summed E-state index contributed by atoms with van der Waals surface area (Å²) in [6, 6.07) is 9.31. The molecule has 6 rings (SSSR count). The van der Waals surface area contributed by atoms with Crippen LogP contribution in [0.3, 0.4) is 0 Å². The SMILES string of the molecule is COCC(=O)N1C[C@H]2C[C@@H]1CN2C1=NC(=O)/C(=C/c2ccc3c(cnn3Cc3ccc(Cl)cc3C(F)(F)F)c2)S1. The van der Waals surface area contributed by atoms with Gasteiger partial charge in [0.1, 0.15) is 6.61 Å². The molecule has 2 amide bonds. The smallest absolute Gasteiger partial charge is 0.375 e. The number of aromatic nitrogens is 2. The predicted octanol–water partition coefficient (Wildman–Crippen LogP) is 4.66. The lowest BCUT2D eigenvalue weighted by Crippen LogP contribution is -2.50. The van der Waals surface area contributed by atoms with Crippen molar-refractivity contribution < 1.29 is 27.5 Å². The van der Waals surface area contributed by atoms with Crippen molar-refractivity contribution in [3.05, 3.63) is 69.2 Å². The highest BCUT2D eigenvalue weighted by molar-refractivity contribution is 8.18. The second-order valence-electron chi connectivity index (χ2n) is 9.90. The molecule has 0 N–H and O–H groups in total. The first kappa shape index (κ1) is 26.9. The lowest BCUT2D eigenvalue weighted by atomic mass is 10.1. The van der Waals surface area contributed by atoms with Crippen molar-refractivity contribution in [1.82, 2.24) is 19.6 Å². The Morgan fingerprint density at radius 3 is 2.75 bits per heavy atom. The van der Waals surface area contributed by atoms with E-state index in [2.05, 4.69) is 15.0 Å². The molecule has 3 aliphatic rings. The van der Waals surface area contributed by atoms with Crippen LogP contribution in [0.1, 0.15) is 23.1 Å². The first-order valence-electron chi connectivity index (χ1n) is 12.5. The number of benzene rings is 2. The summed E-state index contributed by atoms with van der Waals surface area (Å²) in [5.74, 6) is -0.353. The highest BCUT2D eigenvalue weighted by Gasteiger charge is 2.47. The number of carbonyl (C=O) groups excluding carboxylic acids is 2. The molecule has 2 atom stereocenters. The van der Waals surface area contributed by atoms with Crippen molar-refractivity contribution in [2.75, 3.05) is 26.8 Å². The van der Waals surface area contributed by atoms with Gasteiger partial charge in [-0.3, -0.25) is 14.3 Å². The third kappa shape index (κ3) is 4.99. The normalized spacial score (nSPS) is 21.8. The van der Waals surface area contributed by atoms with Crippen LogP contribution in [0.4, 0.5) is 13.2 Å². The summed E-state index contributed by atoms with van der Waals surface area (Å²) in [5.41, 5.74) is 0.681. The summed E-state index contributed by atoms with van der Waals surface area (Å²) in [4.78, 5) is 33.7. The zero-order valence-corrected chi connectivity index (χ0v) is 22.8. The Balaban J connectivity index is 1.16. The van der Waals surface area contributed by atoms with E-state index >= 15 is 0 Å². The molecule has 3 aliphatic heterocycles. The highest BCUT2D eigenvalue weighted by Crippen LogP contribution is 2.38. The number of halogens is 4. The maximum Gasteiger partial charge on any atom is 0.416 e. The van der Waals surface area contributed by atoms with Gasteiger partial charge in [-0.2, -0.15) is 23.3 Å². The topological polar surface area (TPSA) is 80.0 Å². The van der Waals surface area contributed by atoms with E-state index in [-0.39, 0.29) is 47.6 Å². The number of amides is 2. The predicted molar refractivity (Wildman–Crippen MR) is 146 cm³/mol. The molecule has 0 unspecified atom stereocenters. The first-order valence-corrected chi connectivity index (χ1v) is 13.7. The van der Waals surface area contributed by atoms with E-state index in [0.29, 0.717) is 28.7 Å². The number of hydrogen-bond acceptors (Lipinski definition) is 6. The second kappa shape index (κ2) is 10.2. The van der Waals surface area contributed by atoms with Gasteiger partial charge in [0.05, 0.1) is 40.8 Å². The van der Waals surface area contributed by atoms with Gasteiger partial charge in [-0.05, 0) is 59.7 Å². The Morgan fingerprint density at radius 2 is 2.02 bits per heavy atom. The minimum Gasteiger partial charge on any atom is -0.375 e. The van der Waals surface area contributed by atoms with E-state index < -0.39 is 11.7 Å². The van der Waals surface area contributed by atoms with Gasteiger partial charge in [-0.25, -0.2) is 0 Å². The summed E-state index contributed by atoms with van der Waals surface area (Å²) in [6.45, 7) is 1.19. The molecule has 1 aromatic heterocycles. The number of nitrogens with zero attached hydrogens (tertiary/aromatic N) is 5. The van der Waals surface area contributed by atoms with Crippen LogP contribution in [-0.4, -0.2) is 75.5 Å². The van der Waals surface area contributed by atoms with Crippen LogP contribution in [0.2, 0.25) is 5.02 Å². The third-order valence-corrected chi connectivity index (χ3v) is 8.60. The Hall–Kier alpha value is -3.35. The number of carbonyl (C=O) groups is 2. The van der Waals surface area contributed by atoms with E-state index in [1.165, 1.54) is 35.7 Å². The molecular formula is C27H23ClF3N5O3S. The fraction of sp³-hybridized carbons (Fsp3) is 0.333. The van der Waals surface area contributed by atoms with Gasteiger partial charge in [-0.15, -0.1) is 0 Å². The van der Waals surface area contributed by atoms with Gasteiger partial charge < -0.3 is 14.5 Å². The highest BCUT2D eigenvalue weighted by atomic mass is 35.5. The van der Waals surface area contributed by atoms with Crippen molar-refractivity contribution in [3.8, 4) is 0 Å². The molecule has 2 fully saturated rings.